The van der Waals surface area contributed by atoms with Gasteiger partial charge in [-0.25, -0.2) is 0 Å². The molecule has 150 valence electrons. The van der Waals surface area contributed by atoms with Crippen LogP contribution in [0.15, 0.2) is 12.2 Å². The zero-order valence-corrected chi connectivity index (χ0v) is 16.0. The van der Waals surface area contributed by atoms with Gasteiger partial charge in [0.2, 0.25) is 11.8 Å². The summed E-state index contributed by atoms with van der Waals surface area (Å²) in [5.41, 5.74) is 0. The smallest absolute Gasteiger partial charge is 0.305 e. The van der Waals surface area contributed by atoms with E-state index in [1.165, 1.54) is 19.3 Å². The molecule has 9 nitrogen and oxygen atoms in total. The molecular formula is C17H32N4O5. The number of esters is 1. The van der Waals surface area contributed by atoms with Crippen molar-refractivity contribution in [2.24, 2.45) is 0 Å². The first kappa shape index (κ1) is 24.0. The first-order valence-electron chi connectivity index (χ1n) is 8.74. The molecule has 0 aliphatic carbocycles. The van der Waals surface area contributed by atoms with Crippen LogP contribution in [0.4, 0.5) is 0 Å². The molecule has 0 atom stereocenters. The largest absolute Gasteiger partial charge is 0.469 e. The highest BCUT2D eigenvalue weighted by Crippen LogP contribution is 2.01. The summed E-state index contributed by atoms with van der Waals surface area (Å²) in [7, 11) is 5.17. The van der Waals surface area contributed by atoms with E-state index in [9.17, 15) is 19.6 Å². The lowest BCUT2D eigenvalue weighted by atomic mass is 10.2. The lowest BCUT2D eigenvalue weighted by Crippen LogP contribution is -2.33. The van der Waals surface area contributed by atoms with E-state index in [0.717, 1.165) is 30.9 Å². The fraction of sp³-hybridized carbons (Fsp3) is 0.706. The second-order valence-corrected chi connectivity index (χ2v) is 6.06. The number of carbonyl (C=O) groups is 3. The van der Waals surface area contributed by atoms with Gasteiger partial charge in [-0.3, -0.25) is 14.4 Å². The molecule has 0 saturated heterocycles. The summed E-state index contributed by atoms with van der Waals surface area (Å²) in [5.74, 6) is -0.940. The molecule has 0 unspecified atom stereocenters. The monoisotopic (exact) mass is 372 g/mol. The van der Waals surface area contributed by atoms with E-state index in [4.69, 9.17) is 0 Å². The van der Waals surface area contributed by atoms with Crippen LogP contribution in [0.1, 0.15) is 25.7 Å². The Morgan fingerprint density at radius 2 is 1.50 bits per heavy atom. The van der Waals surface area contributed by atoms with Crippen molar-refractivity contribution in [2.75, 3.05) is 53.9 Å². The van der Waals surface area contributed by atoms with Gasteiger partial charge in [-0.1, -0.05) is 6.42 Å². The number of amides is 2. The third kappa shape index (κ3) is 15.6. The van der Waals surface area contributed by atoms with Gasteiger partial charge >= 0.3 is 5.97 Å². The van der Waals surface area contributed by atoms with Crippen LogP contribution in [0.25, 0.3) is 0 Å². The van der Waals surface area contributed by atoms with Crippen molar-refractivity contribution in [3.63, 3.8) is 0 Å². The molecule has 0 aliphatic rings. The fourth-order valence-corrected chi connectivity index (χ4v) is 1.93. The maximum absolute atomic E-state index is 11.6. The number of hydroxylamine groups is 2. The van der Waals surface area contributed by atoms with Gasteiger partial charge < -0.3 is 25.5 Å². The lowest BCUT2D eigenvalue weighted by molar-refractivity contribution is -0.140. The Bertz CT molecular complexity index is 454. The molecule has 26 heavy (non-hydrogen) atoms. The first-order valence-corrected chi connectivity index (χ1v) is 8.74. The molecule has 0 saturated carbocycles. The molecular weight excluding hydrogens is 340 g/mol. The summed E-state index contributed by atoms with van der Waals surface area (Å²) in [6.07, 6.45) is 5.01. The van der Waals surface area contributed by atoms with Crippen LogP contribution < -0.4 is 10.6 Å². The Labute approximate surface area is 155 Å². The molecule has 0 bridgehead atoms. The van der Waals surface area contributed by atoms with Gasteiger partial charge in [0, 0.05) is 51.3 Å². The summed E-state index contributed by atoms with van der Waals surface area (Å²) in [4.78, 5) is 35.9. The zero-order chi connectivity index (χ0) is 19.8. The number of nitrogens with zero attached hydrogens (tertiary/aromatic N) is 2. The van der Waals surface area contributed by atoms with Gasteiger partial charge in [-0.15, -0.1) is 0 Å². The van der Waals surface area contributed by atoms with Crippen molar-refractivity contribution < 1.29 is 24.3 Å². The number of unbranched alkanes of at least 4 members (excludes halogenated alkanes) is 2. The van der Waals surface area contributed by atoms with Crippen molar-refractivity contribution in [3.8, 4) is 0 Å². The quantitative estimate of drug-likeness (QED) is 0.167. The van der Waals surface area contributed by atoms with E-state index < -0.39 is 0 Å². The molecule has 0 aliphatic heterocycles. The second-order valence-electron chi connectivity index (χ2n) is 6.06. The van der Waals surface area contributed by atoms with Crippen molar-refractivity contribution in [3.05, 3.63) is 12.2 Å². The minimum absolute atomic E-state index is 0.229. The van der Waals surface area contributed by atoms with Crippen LogP contribution in [0, 0.1) is 0 Å². The van der Waals surface area contributed by atoms with Crippen molar-refractivity contribution >= 4 is 17.8 Å². The Balaban J connectivity index is 3.68. The van der Waals surface area contributed by atoms with Gasteiger partial charge in [0.25, 0.3) is 0 Å². The van der Waals surface area contributed by atoms with Crippen molar-refractivity contribution in [2.45, 2.75) is 25.7 Å². The molecule has 0 aromatic carbocycles. The maximum atomic E-state index is 11.6. The fourth-order valence-electron chi connectivity index (χ4n) is 1.93. The standard InChI is InChI=1S/C17H32N4O5/c1-20(2)13-10-18-15(22)8-9-16(23)19-11-14-21(25)12-6-4-5-7-17(24)26-3/h8-9,25H,4-7,10-14H2,1-3H3,(H,18,22)(H,19,23)/b9-8+. The number of likely N-dealkylation sites (N-methyl/N-ethyl adjacent to an activating group) is 1. The summed E-state index contributed by atoms with van der Waals surface area (Å²) < 4.78 is 4.55. The molecule has 0 aromatic rings. The van der Waals surface area contributed by atoms with Crippen LogP contribution in [0.2, 0.25) is 0 Å². The van der Waals surface area contributed by atoms with Crippen molar-refractivity contribution in [1.29, 1.82) is 0 Å². The van der Waals surface area contributed by atoms with Crippen LogP contribution >= 0.6 is 0 Å². The number of hydrogen-bond donors (Lipinski definition) is 3. The van der Waals surface area contributed by atoms with Crippen LogP contribution in [-0.4, -0.2) is 86.9 Å². The first-order chi connectivity index (χ1) is 12.3. The minimum Gasteiger partial charge on any atom is -0.469 e. The van der Waals surface area contributed by atoms with E-state index in [1.807, 2.05) is 19.0 Å². The second kappa shape index (κ2) is 15.3. The van der Waals surface area contributed by atoms with Crippen LogP contribution in [0.3, 0.4) is 0 Å². The maximum Gasteiger partial charge on any atom is 0.305 e. The molecule has 0 fully saturated rings. The predicted octanol–water partition coefficient (Wildman–Crippen LogP) is -0.239. The van der Waals surface area contributed by atoms with Crippen LogP contribution in [-0.2, 0) is 19.1 Å². The number of methoxy groups -OCH3 is 1. The van der Waals surface area contributed by atoms with Gasteiger partial charge in [0.15, 0.2) is 0 Å². The third-order valence-electron chi connectivity index (χ3n) is 3.44. The Kier molecular flexibility index (Phi) is 14.1. The van der Waals surface area contributed by atoms with E-state index >= 15 is 0 Å². The molecule has 9 heteroatoms. The Hall–Kier alpha value is -1.97. The molecule has 2 amide bonds. The molecule has 0 radical (unpaired) electrons. The number of nitrogens with one attached hydrogen (secondary N) is 2. The summed E-state index contributed by atoms with van der Waals surface area (Å²) >= 11 is 0. The third-order valence-corrected chi connectivity index (χ3v) is 3.44. The molecule has 0 aromatic heterocycles. The Morgan fingerprint density at radius 1 is 0.923 bits per heavy atom. The number of ether oxygens (including phenoxy) is 1. The summed E-state index contributed by atoms with van der Waals surface area (Å²) in [6, 6.07) is 0. The van der Waals surface area contributed by atoms with Gasteiger partial charge in [0.05, 0.1) is 7.11 Å². The molecule has 0 rings (SSSR count). The van der Waals surface area contributed by atoms with E-state index in [-0.39, 0.29) is 30.9 Å². The highest BCUT2D eigenvalue weighted by Gasteiger charge is 2.04. The van der Waals surface area contributed by atoms with Crippen LogP contribution in [0.5, 0.6) is 0 Å². The normalized spacial score (nSPS) is 11.2. The van der Waals surface area contributed by atoms with E-state index in [2.05, 4.69) is 15.4 Å². The molecule has 3 N–H and O–H groups in total. The Morgan fingerprint density at radius 3 is 2.04 bits per heavy atom. The van der Waals surface area contributed by atoms with Gasteiger partial charge in [-0.2, -0.15) is 5.06 Å². The number of rotatable bonds is 14. The van der Waals surface area contributed by atoms with Gasteiger partial charge in [-0.05, 0) is 26.9 Å². The van der Waals surface area contributed by atoms with E-state index in [1.54, 1.807) is 0 Å². The summed E-state index contributed by atoms with van der Waals surface area (Å²) in [6.45, 7) is 2.24. The molecule has 0 heterocycles. The lowest BCUT2D eigenvalue weighted by Gasteiger charge is -2.14. The zero-order valence-electron chi connectivity index (χ0n) is 16.0. The van der Waals surface area contributed by atoms with Crippen molar-refractivity contribution in [1.82, 2.24) is 20.6 Å². The van der Waals surface area contributed by atoms with E-state index in [0.29, 0.717) is 19.5 Å². The number of hydrogen-bond acceptors (Lipinski definition) is 7. The predicted molar refractivity (Wildman–Crippen MR) is 97.6 cm³/mol. The average molecular weight is 372 g/mol. The minimum atomic E-state index is -0.390. The van der Waals surface area contributed by atoms with Gasteiger partial charge in [0.1, 0.15) is 0 Å². The number of carbonyl (C=O) groups excluding carboxylic acids is 3. The highest BCUT2D eigenvalue weighted by atomic mass is 16.5. The SMILES string of the molecule is COC(=O)CCCCCN(O)CCNC(=O)/C=C/C(=O)NCCN(C)C. The average Bonchev–Trinajstić information content (AvgIpc) is 2.59. The summed E-state index contributed by atoms with van der Waals surface area (Å²) in [5, 5.41) is 16.1. The molecule has 0 spiro atoms. The highest BCUT2D eigenvalue weighted by molar-refractivity contribution is 5.96. The topological polar surface area (TPSA) is 111 Å².